The minimum absolute atomic E-state index is 0.00150. The highest BCUT2D eigenvalue weighted by Gasteiger charge is 2.16. The molecular weight excluding hydrogens is 276 g/mol. The highest BCUT2D eigenvalue weighted by atomic mass is 32.1. The van der Waals surface area contributed by atoms with E-state index in [9.17, 15) is 4.79 Å². The van der Waals surface area contributed by atoms with Gasteiger partial charge in [-0.05, 0) is 19.8 Å². The molecule has 1 aromatic rings. The summed E-state index contributed by atoms with van der Waals surface area (Å²) in [5, 5.41) is 12.3. The van der Waals surface area contributed by atoms with Crippen molar-refractivity contribution >= 4 is 22.4 Å². The number of ether oxygens (including phenoxy) is 1. The molecule has 1 aliphatic rings. The van der Waals surface area contributed by atoms with E-state index in [0.717, 1.165) is 44.1 Å². The Kier molecular flexibility index (Phi) is 5.87. The molecule has 2 rings (SSSR count). The van der Waals surface area contributed by atoms with Crippen LogP contribution in [-0.2, 0) is 16.0 Å². The van der Waals surface area contributed by atoms with Crippen molar-refractivity contribution in [2.45, 2.75) is 39.2 Å². The van der Waals surface area contributed by atoms with Gasteiger partial charge in [-0.15, -0.1) is 10.2 Å². The lowest BCUT2D eigenvalue weighted by atomic mass is 10.3. The fraction of sp³-hybridized carbons (Fsp3) is 0.769. The summed E-state index contributed by atoms with van der Waals surface area (Å²) in [6.07, 6.45) is 2.60. The van der Waals surface area contributed by atoms with Crippen molar-refractivity contribution in [3.8, 4) is 0 Å². The van der Waals surface area contributed by atoms with Gasteiger partial charge in [-0.1, -0.05) is 18.3 Å². The molecule has 1 amide bonds. The molecule has 7 heteroatoms. The van der Waals surface area contributed by atoms with Crippen molar-refractivity contribution in [2.75, 3.05) is 31.6 Å². The lowest BCUT2D eigenvalue weighted by Gasteiger charge is -2.21. The topological polar surface area (TPSA) is 67.4 Å². The van der Waals surface area contributed by atoms with Gasteiger partial charge in [0.1, 0.15) is 5.01 Å². The zero-order valence-electron chi connectivity index (χ0n) is 12.1. The average Bonchev–Trinajstić information content (AvgIpc) is 2.77. The summed E-state index contributed by atoms with van der Waals surface area (Å²) in [6.45, 7) is 7.57. The predicted octanol–water partition coefficient (Wildman–Crippen LogP) is 1.54. The number of aryl methyl sites for hydroxylation is 1. The van der Waals surface area contributed by atoms with E-state index >= 15 is 0 Å². The van der Waals surface area contributed by atoms with Gasteiger partial charge in [-0.3, -0.25) is 4.79 Å². The van der Waals surface area contributed by atoms with Gasteiger partial charge >= 0.3 is 0 Å². The average molecular weight is 298 g/mol. The normalized spacial score (nSPS) is 20.6. The molecule has 0 unspecified atom stereocenters. The molecule has 0 aromatic carbocycles. The molecule has 20 heavy (non-hydrogen) atoms. The van der Waals surface area contributed by atoms with Gasteiger partial charge in [0, 0.05) is 32.7 Å². The molecule has 0 saturated carbocycles. The number of carbonyl (C=O) groups is 1. The number of nitrogens with one attached hydrogen (secondary N) is 1. The molecular formula is C13H22N4O2S. The number of carbonyl (C=O) groups excluding carboxylic acids is 1. The first kappa shape index (κ1) is 15.3. The van der Waals surface area contributed by atoms with Crippen molar-refractivity contribution in [2.24, 2.45) is 0 Å². The van der Waals surface area contributed by atoms with Crippen LogP contribution in [0, 0.1) is 0 Å². The highest BCUT2D eigenvalue weighted by Crippen LogP contribution is 2.15. The second kappa shape index (κ2) is 7.66. The summed E-state index contributed by atoms with van der Waals surface area (Å²) in [5.74, 6) is 0.00150. The van der Waals surface area contributed by atoms with Crippen LogP contribution in [0.2, 0.25) is 0 Å². The molecule has 0 spiro atoms. The summed E-state index contributed by atoms with van der Waals surface area (Å²) in [4.78, 5) is 14.2. The molecule has 1 fully saturated rings. The Hall–Kier alpha value is -1.05. The lowest BCUT2D eigenvalue weighted by molar-refractivity contribution is -0.116. The maximum Gasteiger partial charge on any atom is 0.227 e. The zero-order valence-corrected chi connectivity index (χ0v) is 12.9. The molecule has 1 aliphatic heterocycles. The maximum absolute atomic E-state index is 11.9. The smallest absolute Gasteiger partial charge is 0.227 e. The fourth-order valence-electron chi connectivity index (χ4n) is 2.17. The highest BCUT2D eigenvalue weighted by molar-refractivity contribution is 7.15. The van der Waals surface area contributed by atoms with Crippen LogP contribution >= 0.6 is 11.3 Å². The standard InChI is InChI=1S/C13H22N4O2S/c1-3-12-15-16-13(20-12)14-11(18)5-7-17-6-4-8-19-10(2)9-17/h10H,3-9H2,1-2H3,(H,14,16,18)/t10-/m0/s1. The molecule has 0 bridgehead atoms. The van der Waals surface area contributed by atoms with Crippen LogP contribution in [0.25, 0.3) is 0 Å². The Bertz CT molecular complexity index is 438. The monoisotopic (exact) mass is 298 g/mol. The number of anilines is 1. The second-order valence-corrected chi connectivity index (χ2v) is 6.05. The van der Waals surface area contributed by atoms with Crippen LogP contribution < -0.4 is 5.32 Å². The summed E-state index contributed by atoms with van der Waals surface area (Å²) < 4.78 is 5.59. The molecule has 6 nitrogen and oxygen atoms in total. The van der Waals surface area contributed by atoms with E-state index in [-0.39, 0.29) is 12.0 Å². The Balaban J connectivity index is 1.74. The second-order valence-electron chi connectivity index (χ2n) is 4.99. The van der Waals surface area contributed by atoms with Crippen molar-refractivity contribution in [3.63, 3.8) is 0 Å². The number of rotatable bonds is 5. The predicted molar refractivity (Wildman–Crippen MR) is 79.0 cm³/mol. The van der Waals surface area contributed by atoms with Crippen LogP contribution in [0.3, 0.4) is 0 Å². The van der Waals surface area contributed by atoms with E-state index in [2.05, 4.69) is 27.3 Å². The summed E-state index contributed by atoms with van der Waals surface area (Å²) in [7, 11) is 0. The van der Waals surface area contributed by atoms with Crippen LogP contribution in [0.15, 0.2) is 0 Å². The number of aromatic nitrogens is 2. The van der Waals surface area contributed by atoms with E-state index in [1.807, 2.05) is 6.92 Å². The molecule has 1 N–H and O–H groups in total. The Morgan fingerprint density at radius 2 is 2.40 bits per heavy atom. The van der Waals surface area contributed by atoms with Crippen molar-refractivity contribution < 1.29 is 9.53 Å². The molecule has 112 valence electrons. The van der Waals surface area contributed by atoms with E-state index in [4.69, 9.17) is 4.74 Å². The van der Waals surface area contributed by atoms with E-state index in [1.54, 1.807) is 0 Å². The summed E-state index contributed by atoms with van der Waals surface area (Å²) in [5.41, 5.74) is 0. The summed E-state index contributed by atoms with van der Waals surface area (Å²) in [6, 6.07) is 0. The first-order valence-electron chi connectivity index (χ1n) is 7.13. The van der Waals surface area contributed by atoms with Crippen LogP contribution in [0.4, 0.5) is 5.13 Å². The number of amides is 1. The van der Waals surface area contributed by atoms with Gasteiger partial charge in [0.2, 0.25) is 11.0 Å². The van der Waals surface area contributed by atoms with Gasteiger partial charge in [0.15, 0.2) is 0 Å². The first-order valence-corrected chi connectivity index (χ1v) is 7.95. The largest absolute Gasteiger partial charge is 0.377 e. The minimum atomic E-state index is 0.00150. The van der Waals surface area contributed by atoms with Gasteiger partial charge in [0.05, 0.1) is 6.10 Å². The quantitative estimate of drug-likeness (QED) is 0.893. The number of hydrogen-bond acceptors (Lipinski definition) is 6. The summed E-state index contributed by atoms with van der Waals surface area (Å²) >= 11 is 1.44. The van der Waals surface area contributed by atoms with Crippen LogP contribution in [-0.4, -0.2) is 53.3 Å². The number of hydrogen-bond donors (Lipinski definition) is 1. The third kappa shape index (κ3) is 4.81. The Morgan fingerprint density at radius 1 is 1.55 bits per heavy atom. The minimum Gasteiger partial charge on any atom is -0.377 e. The van der Waals surface area contributed by atoms with Crippen LogP contribution in [0.5, 0.6) is 0 Å². The number of nitrogens with zero attached hydrogens (tertiary/aromatic N) is 3. The SMILES string of the molecule is CCc1nnc(NC(=O)CCN2CCCO[C@@H](C)C2)s1. The van der Waals surface area contributed by atoms with E-state index < -0.39 is 0 Å². The molecule has 1 atom stereocenters. The Labute approximate surface area is 123 Å². The van der Waals surface area contributed by atoms with Crippen molar-refractivity contribution in [3.05, 3.63) is 5.01 Å². The molecule has 2 heterocycles. The molecule has 1 aromatic heterocycles. The lowest BCUT2D eigenvalue weighted by Crippen LogP contribution is -2.33. The van der Waals surface area contributed by atoms with Gasteiger partial charge in [-0.2, -0.15) is 0 Å². The van der Waals surface area contributed by atoms with Gasteiger partial charge in [0.25, 0.3) is 0 Å². The third-order valence-corrected chi connectivity index (χ3v) is 4.19. The van der Waals surface area contributed by atoms with Gasteiger partial charge in [-0.25, -0.2) is 0 Å². The fourth-order valence-corrected chi connectivity index (χ4v) is 2.87. The van der Waals surface area contributed by atoms with Crippen molar-refractivity contribution in [1.29, 1.82) is 0 Å². The van der Waals surface area contributed by atoms with Gasteiger partial charge < -0.3 is 15.0 Å². The third-order valence-electron chi connectivity index (χ3n) is 3.21. The molecule has 0 radical (unpaired) electrons. The Morgan fingerprint density at radius 3 is 3.15 bits per heavy atom. The van der Waals surface area contributed by atoms with E-state index in [1.165, 1.54) is 11.3 Å². The first-order chi connectivity index (χ1) is 9.67. The van der Waals surface area contributed by atoms with E-state index in [0.29, 0.717) is 11.6 Å². The van der Waals surface area contributed by atoms with Crippen LogP contribution in [0.1, 0.15) is 31.7 Å². The molecule has 1 saturated heterocycles. The van der Waals surface area contributed by atoms with Crippen molar-refractivity contribution in [1.82, 2.24) is 15.1 Å². The molecule has 0 aliphatic carbocycles. The zero-order chi connectivity index (χ0) is 14.4. The maximum atomic E-state index is 11.9.